The van der Waals surface area contributed by atoms with Gasteiger partial charge < -0.3 is 9.67 Å². The predicted molar refractivity (Wildman–Crippen MR) is 71.8 cm³/mol. The number of aliphatic hydroxyl groups excluding tert-OH is 1. The first-order chi connectivity index (χ1) is 10.1. The van der Waals surface area contributed by atoms with Crippen molar-refractivity contribution in [2.24, 2.45) is 0 Å². The summed E-state index contributed by atoms with van der Waals surface area (Å²) in [5.41, 5.74) is 0.795. The highest BCUT2D eigenvalue weighted by molar-refractivity contribution is 5.35. The van der Waals surface area contributed by atoms with Crippen LogP contribution in [0.2, 0.25) is 0 Å². The van der Waals surface area contributed by atoms with Gasteiger partial charge in [0.25, 0.3) is 0 Å². The fourth-order valence-corrected chi connectivity index (χ4v) is 2.04. The number of aliphatic hydroxyl groups is 1. The molecule has 0 aliphatic heterocycles. The number of hydrogen-bond donors (Lipinski definition) is 1. The van der Waals surface area contributed by atoms with Crippen molar-refractivity contribution in [3.05, 3.63) is 78.1 Å². The number of nitrogens with zero attached hydrogens (tertiary/aromatic N) is 3. The van der Waals surface area contributed by atoms with Crippen LogP contribution >= 0.6 is 0 Å². The van der Waals surface area contributed by atoms with Gasteiger partial charge in [0.1, 0.15) is 17.5 Å². The molecule has 0 saturated heterocycles. The molecule has 2 heterocycles. The number of pyridine rings is 1. The SMILES string of the molecule is OC(c1ccc(F)cn1)c1nccn1-c1cccc(F)c1. The Hall–Kier alpha value is -2.60. The molecule has 0 radical (unpaired) electrons. The Morgan fingerprint density at radius 3 is 2.62 bits per heavy atom. The molecule has 3 rings (SSSR count). The van der Waals surface area contributed by atoms with Gasteiger partial charge in [-0.05, 0) is 30.3 Å². The Balaban J connectivity index is 2.00. The lowest BCUT2D eigenvalue weighted by Crippen LogP contribution is -2.10. The molecular formula is C15H11F2N3O. The first-order valence-corrected chi connectivity index (χ1v) is 6.24. The van der Waals surface area contributed by atoms with Gasteiger partial charge in [0.2, 0.25) is 0 Å². The summed E-state index contributed by atoms with van der Waals surface area (Å²) in [6.07, 6.45) is 2.99. The summed E-state index contributed by atoms with van der Waals surface area (Å²) in [5.74, 6) is -0.597. The molecule has 3 aromatic rings. The average molecular weight is 287 g/mol. The van der Waals surface area contributed by atoms with E-state index in [1.807, 2.05) is 0 Å². The lowest BCUT2D eigenvalue weighted by Gasteiger charge is -2.13. The van der Waals surface area contributed by atoms with E-state index >= 15 is 0 Å². The molecule has 1 N–H and O–H groups in total. The maximum absolute atomic E-state index is 13.3. The van der Waals surface area contributed by atoms with Gasteiger partial charge in [0, 0.05) is 18.1 Å². The smallest absolute Gasteiger partial charge is 0.154 e. The summed E-state index contributed by atoms with van der Waals surface area (Å²) in [7, 11) is 0. The van der Waals surface area contributed by atoms with Crippen molar-refractivity contribution in [1.29, 1.82) is 0 Å². The van der Waals surface area contributed by atoms with Crippen LogP contribution in [0.5, 0.6) is 0 Å². The molecule has 6 heteroatoms. The van der Waals surface area contributed by atoms with Crippen LogP contribution in [0.1, 0.15) is 17.6 Å². The van der Waals surface area contributed by atoms with Crippen molar-refractivity contribution in [3.8, 4) is 5.69 Å². The summed E-state index contributed by atoms with van der Waals surface area (Å²) in [6, 6.07) is 8.51. The maximum Gasteiger partial charge on any atom is 0.154 e. The van der Waals surface area contributed by atoms with Gasteiger partial charge in [-0.15, -0.1) is 0 Å². The Morgan fingerprint density at radius 2 is 1.90 bits per heavy atom. The molecule has 2 aromatic heterocycles. The molecule has 0 aliphatic rings. The summed E-state index contributed by atoms with van der Waals surface area (Å²) in [5, 5.41) is 10.3. The van der Waals surface area contributed by atoms with Crippen molar-refractivity contribution in [2.75, 3.05) is 0 Å². The highest BCUT2D eigenvalue weighted by atomic mass is 19.1. The Bertz CT molecular complexity index is 756. The van der Waals surface area contributed by atoms with E-state index in [4.69, 9.17) is 0 Å². The molecule has 0 fully saturated rings. The normalized spacial score (nSPS) is 12.3. The van der Waals surface area contributed by atoms with Crippen molar-refractivity contribution in [3.63, 3.8) is 0 Å². The lowest BCUT2D eigenvalue weighted by molar-refractivity contribution is 0.203. The van der Waals surface area contributed by atoms with E-state index in [-0.39, 0.29) is 17.3 Å². The van der Waals surface area contributed by atoms with Gasteiger partial charge in [-0.1, -0.05) is 6.07 Å². The van der Waals surface area contributed by atoms with Gasteiger partial charge in [-0.2, -0.15) is 0 Å². The van der Waals surface area contributed by atoms with E-state index < -0.39 is 11.9 Å². The van der Waals surface area contributed by atoms with Crippen molar-refractivity contribution in [1.82, 2.24) is 14.5 Å². The number of benzene rings is 1. The zero-order chi connectivity index (χ0) is 14.8. The third-order valence-corrected chi connectivity index (χ3v) is 3.03. The number of hydrogen-bond acceptors (Lipinski definition) is 3. The number of aromatic nitrogens is 3. The fourth-order valence-electron chi connectivity index (χ4n) is 2.04. The topological polar surface area (TPSA) is 50.9 Å². The van der Waals surface area contributed by atoms with Crippen LogP contribution in [0.4, 0.5) is 8.78 Å². The molecule has 106 valence electrons. The first-order valence-electron chi connectivity index (χ1n) is 6.24. The van der Waals surface area contributed by atoms with Crippen LogP contribution in [0.15, 0.2) is 55.0 Å². The zero-order valence-electron chi connectivity index (χ0n) is 10.8. The van der Waals surface area contributed by atoms with E-state index in [1.165, 1.54) is 30.5 Å². The molecule has 0 aliphatic carbocycles. The second kappa shape index (κ2) is 5.41. The van der Waals surface area contributed by atoms with Gasteiger partial charge in [0.05, 0.1) is 11.9 Å². The van der Waals surface area contributed by atoms with Crippen molar-refractivity contribution in [2.45, 2.75) is 6.10 Å². The quantitative estimate of drug-likeness (QED) is 0.805. The summed E-state index contributed by atoms with van der Waals surface area (Å²) in [4.78, 5) is 7.91. The molecule has 0 spiro atoms. The maximum atomic E-state index is 13.3. The second-order valence-corrected chi connectivity index (χ2v) is 4.44. The molecule has 1 unspecified atom stereocenters. The van der Waals surface area contributed by atoms with Gasteiger partial charge in [-0.3, -0.25) is 4.98 Å². The molecule has 4 nitrogen and oxygen atoms in total. The predicted octanol–water partition coefficient (Wildman–Crippen LogP) is 2.63. The van der Waals surface area contributed by atoms with Crippen LogP contribution in [0.3, 0.4) is 0 Å². The Kier molecular flexibility index (Phi) is 3.45. The van der Waals surface area contributed by atoms with E-state index in [2.05, 4.69) is 9.97 Å². The number of halogens is 2. The van der Waals surface area contributed by atoms with Crippen LogP contribution in [0, 0.1) is 11.6 Å². The minimum absolute atomic E-state index is 0.264. The van der Waals surface area contributed by atoms with E-state index in [0.717, 1.165) is 6.20 Å². The van der Waals surface area contributed by atoms with Crippen LogP contribution in [0.25, 0.3) is 5.69 Å². The summed E-state index contributed by atoms with van der Waals surface area (Å²) in [6.45, 7) is 0. The van der Waals surface area contributed by atoms with Gasteiger partial charge >= 0.3 is 0 Å². The van der Waals surface area contributed by atoms with Gasteiger partial charge in [-0.25, -0.2) is 13.8 Å². The third-order valence-electron chi connectivity index (χ3n) is 3.03. The van der Waals surface area contributed by atoms with Crippen molar-refractivity contribution >= 4 is 0 Å². The molecule has 0 amide bonds. The molecular weight excluding hydrogens is 276 g/mol. The Labute approximate surface area is 119 Å². The van der Waals surface area contributed by atoms with E-state index in [9.17, 15) is 13.9 Å². The number of rotatable bonds is 3. The molecule has 0 bridgehead atoms. The largest absolute Gasteiger partial charge is 0.379 e. The fraction of sp³-hybridized carbons (Fsp3) is 0.0667. The number of imidazole rings is 1. The molecule has 1 atom stereocenters. The highest BCUT2D eigenvalue weighted by Gasteiger charge is 2.18. The zero-order valence-corrected chi connectivity index (χ0v) is 10.8. The first kappa shape index (κ1) is 13.4. The van der Waals surface area contributed by atoms with Crippen molar-refractivity contribution < 1.29 is 13.9 Å². The van der Waals surface area contributed by atoms with Crippen LogP contribution in [-0.4, -0.2) is 19.6 Å². The average Bonchev–Trinajstić information content (AvgIpc) is 2.97. The minimum Gasteiger partial charge on any atom is -0.379 e. The summed E-state index contributed by atoms with van der Waals surface area (Å²) >= 11 is 0. The molecule has 21 heavy (non-hydrogen) atoms. The minimum atomic E-state index is -1.14. The molecule has 0 saturated carbocycles. The third kappa shape index (κ3) is 2.66. The van der Waals surface area contributed by atoms with Crippen LogP contribution in [-0.2, 0) is 0 Å². The lowest BCUT2D eigenvalue weighted by atomic mass is 10.2. The monoisotopic (exact) mass is 287 g/mol. The summed E-state index contributed by atoms with van der Waals surface area (Å²) < 4.78 is 27.7. The molecule has 1 aromatic carbocycles. The van der Waals surface area contributed by atoms with Gasteiger partial charge in [0.15, 0.2) is 6.10 Å². The standard InChI is InChI=1S/C15H11F2N3O/c16-10-2-1-3-12(8-10)20-7-6-18-15(20)14(21)13-5-4-11(17)9-19-13/h1-9,14,21H. The van der Waals surface area contributed by atoms with E-state index in [0.29, 0.717) is 5.69 Å². The van der Waals surface area contributed by atoms with Crippen LogP contribution < -0.4 is 0 Å². The second-order valence-electron chi connectivity index (χ2n) is 4.44. The van der Waals surface area contributed by atoms with E-state index in [1.54, 1.807) is 22.9 Å². The highest BCUT2D eigenvalue weighted by Crippen LogP contribution is 2.22. The Morgan fingerprint density at radius 1 is 1.05 bits per heavy atom.